The Bertz CT molecular complexity index is 484. The second-order valence-electron chi connectivity index (χ2n) is 4.42. The van der Waals surface area contributed by atoms with E-state index in [-0.39, 0.29) is 17.8 Å². The SMILES string of the molecule is CCOC(=O)c1ccc(NC(=O)C(CC)CC)c(Br)c1. The minimum absolute atomic E-state index is 0.000385. The summed E-state index contributed by atoms with van der Waals surface area (Å²) in [6, 6.07) is 5.00. The van der Waals surface area contributed by atoms with Crippen LogP contribution in [0.1, 0.15) is 44.0 Å². The minimum atomic E-state index is -0.369. The summed E-state index contributed by atoms with van der Waals surface area (Å²) in [4.78, 5) is 23.6. The molecule has 4 nitrogen and oxygen atoms in total. The molecule has 0 aliphatic carbocycles. The Kier molecular flexibility index (Phi) is 6.71. The summed E-state index contributed by atoms with van der Waals surface area (Å²) in [6.07, 6.45) is 1.61. The summed E-state index contributed by atoms with van der Waals surface area (Å²) < 4.78 is 5.60. The normalized spacial score (nSPS) is 10.4. The van der Waals surface area contributed by atoms with Gasteiger partial charge in [-0.2, -0.15) is 0 Å². The molecule has 0 spiro atoms. The predicted molar refractivity (Wildman–Crippen MR) is 82.8 cm³/mol. The Labute approximate surface area is 128 Å². The zero-order valence-electron chi connectivity index (χ0n) is 12.0. The van der Waals surface area contributed by atoms with Gasteiger partial charge in [0.2, 0.25) is 5.91 Å². The van der Waals surface area contributed by atoms with Crippen molar-refractivity contribution >= 4 is 33.5 Å². The van der Waals surface area contributed by atoms with Crippen LogP contribution < -0.4 is 5.32 Å². The van der Waals surface area contributed by atoms with E-state index in [2.05, 4.69) is 21.2 Å². The minimum Gasteiger partial charge on any atom is -0.462 e. The highest BCUT2D eigenvalue weighted by Gasteiger charge is 2.16. The van der Waals surface area contributed by atoms with E-state index in [4.69, 9.17) is 4.74 Å². The van der Waals surface area contributed by atoms with Gasteiger partial charge in [-0.3, -0.25) is 4.79 Å². The van der Waals surface area contributed by atoms with E-state index in [9.17, 15) is 9.59 Å². The third kappa shape index (κ3) is 4.34. The van der Waals surface area contributed by atoms with Gasteiger partial charge in [-0.05, 0) is 53.9 Å². The first-order valence-corrected chi connectivity index (χ1v) is 7.60. The van der Waals surface area contributed by atoms with Crippen LogP contribution >= 0.6 is 15.9 Å². The molecule has 1 aromatic rings. The molecule has 1 amide bonds. The van der Waals surface area contributed by atoms with Crippen LogP contribution in [-0.4, -0.2) is 18.5 Å². The number of amides is 1. The topological polar surface area (TPSA) is 55.4 Å². The van der Waals surface area contributed by atoms with Crippen molar-refractivity contribution in [2.45, 2.75) is 33.6 Å². The zero-order valence-corrected chi connectivity index (χ0v) is 13.6. The lowest BCUT2D eigenvalue weighted by Gasteiger charge is -2.14. The molecule has 1 aromatic carbocycles. The molecule has 0 heterocycles. The molecule has 5 heteroatoms. The first-order chi connectivity index (χ1) is 9.53. The molecule has 0 atom stereocenters. The second-order valence-corrected chi connectivity index (χ2v) is 5.27. The highest BCUT2D eigenvalue weighted by Crippen LogP contribution is 2.25. The van der Waals surface area contributed by atoms with Crippen molar-refractivity contribution in [2.75, 3.05) is 11.9 Å². The van der Waals surface area contributed by atoms with Gasteiger partial charge in [0.25, 0.3) is 0 Å². The molecule has 0 fully saturated rings. The largest absolute Gasteiger partial charge is 0.462 e. The fourth-order valence-electron chi connectivity index (χ4n) is 1.85. The van der Waals surface area contributed by atoms with Crippen molar-refractivity contribution in [1.82, 2.24) is 0 Å². The van der Waals surface area contributed by atoms with E-state index in [1.54, 1.807) is 25.1 Å². The van der Waals surface area contributed by atoms with Gasteiger partial charge in [-0.15, -0.1) is 0 Å². The molecule has 0 unspecified atom stereocenters. The van der Waals surface area contributed by atoms with E-state index >= 15 is 0 Å². The lowest BCUT2D eigenvalue weighted by atomic mass is 10.0. The monoisotopic (exact) mass is 341 g/mol. The van der Waals surface area contributed by atoms with E-state index in [0.717, 1.165) is 12.8 Å². The molecule has 1 rings (SSSR count). The van der Waals surface area contributed by atoms with Crippen molar-refractivity contribution in [2.24, 2.45) is 5.92 Å². The number of ether oxygens (including phenoxy) is 1. The van der Waals surface area contributed by atoms with E-state index in [1.807, 2.05) is 13.8 Å². The number of benzene rings is 1. The smallest absolute Gasteiger partial charge is 0.338 e. The van der Waals surface area contributed by atoms with Crippen LogP contribution in [0.4, 0.5) is 5.69 Å². The number of hydrogen-bond donors (Lipinski definition) is 1. The number of hydrogen-bond acceptors (Lipinski definition) is 3. The van der Waals surface area contributed by atoms with Gasteiger partial charge in [-0.1, -0.05) is 13.8 Å². The number of anilines is 1. The quantitative estimate of drug-likeness (QED) is 0.795. The van der Waals surface area contributed by atoms with Gasteiger partial charge in [-0.25, -0.2) is 4.79 Å². The molecule has 0 radical (unpaired) electrons. The third-order valence-electron chi connectivity index (χ3n) is 3.09. The van der Waals surface area contributed by atoms with E-state index < -0.39 is 0 Å². The Morgan fingerprint density at radius 1 is 1.25 bits per heavy atom. The van der Waals surface area contributed by atoms with Crippen LogP contribution in [0.25, 0.3) is 0 Å². The summed E-state index contributed by atoms with van der Waals surface area (Å²) in [5.74, 6) is -0.364. The maximum atomic E-state index is 12.0. The molecule has 0 aliphatic heterocycles. The van der Waals surface area contributed by atoms with Crippen LogP contribution in [0.15, 0.2) is 22.7 Å². The van der Waals surface area contributed by atoms with Gasteiger partial charge in [0, 0.05) is 10.4 Å². The van der Waals surface area contributed by atoms with Crippen molar-refractivity contribution in [3.05, 3.63) is 28.2 Å². The molecule has 0 bridgehead atoms. The van der Waals surface area contributed by atoms with Crippen molar-refractivity contribution in [3.8, 4) is 0 Å². The standard InChI is InChI=1S/C15H20BrNO3/c1-4-10(5-2)14(18)17-13-8-7-11(9-12(13)16)15(19)20-6-3/h7-10H,4-6H2,1-3H3,(H,17,18). The number of halogens is 1. The maximum Gasteiger partial charge on any atom is 0.338 e. The summed E-state index contributed by atoms with van der Waals surface area (Å²) in [7, 11) is 0. The average Bonchev–Trinajstić information content (AvgIpc) is 2.42. The summed E-state index contributed by atoms with van der Waals surface area (Å²) in [5, 5.41) is 2.87. The van der Waals surface area contributed by atoms with E-state index in [1.165, 1.54) is 0 Å². The van der Waals surface area contributed by atoms with Gasteiger partial charge in [0.1, 0.15) is 0 Å². The molecular weight excluding hydrogens is 322 g/mol. The zero-order chi connectivity index (χ0) is 15.1. The lowest BCUT2D eigenvalue weighted by Crippen LogP contribution is -2.21. The molecular formula is C15H20BrNO3. The summed E-state index contributed by atoms with van der Waals surface area (Å²) in [5.41, 5.74) is 1.12. The van der Waals surface area contributed by atoms with Gasteiger partial charge in [0.15, 0.2) is 0 Å². The Hall–Kier alpha value is -1.36. The third-order valence-corrected chi connectivity index (χ3v) is 3.75. The van der Waals surface area contributed by atoms with Crippen LogP contribution in [0, 0.1) is 5.92 Å². The number of rotatable bonds is 6. The maximum absolute atomic E-state index is 12.0. The molecule has 0 saturated carbocycles. The number of carbonyl (C=O) groups excluding carboxylic acids is 2. The van der Waals surface area contributed by atoms with Gasteiger partial charge >= 0.3 is 5.97 Å². The Morgan fingerprint density at radius 2 is 1.90 bits per heavy atom. The van der Waals surface area contributed by atoms with Gasteiger partial charge < -0.3 is 10.1 Å². The Morgan fingerprint density at radius 3 is 2.40 bits per heavy atom. The average molecular weight is 342 g/mol. The van der Waals surface area contributed by atoms with Gasteiger partial charge in [0.05, 0.1) is 17.9 Å². The first-order valence-electron chi connectivity index (χ1n) is 6.80. The summed E-state index contributed by atoms with van der Waals surface area (Å²) in [6.45, 7) is 6.08. The van der Waals surface area contributed by atoms with Crippen LogP contribution in [0.3, 0.4) is 0 Å². The van der Waals surface area contributed by atoms with E-state index in [0.29, 0.717) is 22.3 Å². The molecule has 20 heavy (non-hydrogen) atoms. The highest BCUT2D eigenvalue weighted by molar-refractivity contribution is 9.10. The van der Waals surface area contributed by atoms with Crippen molar-refractivity contribution < 1.29 is 14.3 Å². The number of nitrogens with one attached hydrogen (secondary N) is 1. The number of esters is 1. The molecule has 1 N–H and O–H groups in total. The molecule has 0 saturated heterocycles. The number of carbonyl (C=O) groups is 2. The Balaban J connectivity index is 2.83. The fraction of sp³-hybridized carbons (Fsp3) is 0.467. The van der Waals surface area contributed by atoms with Crippen LogP contribution in [0.2, 0.25) is 0 Å². The fourth-order valence-corrected chi connectivity index (χ4v) is 2.33. The first kappa shape index (κ1) is 16.7. The van der Waals surface area contributed by atoms with Crippen LogP contribution in [-0.2, 0) is 9.53 Å². The van der Waals surface area contributed by atoms with Crippen LogP contribution in [0.5, 0.6) is 0 Å². The molecule has 0 aliphatic rings. The molecule has 0 aromatic heterocycles. The lowest BCUT2D eigenvalue weighted by molar-refractivity contribution is -0.120. The molecule has 110 valence electrons. The van der Waals surface area contributed by atoms with Crippen molar-refractivity contribution in [3.63, 3.8) is 0 Å². The predicted octanol–water partition coefficient (Wildman–Crippen LogP) is 4.00. The summed E-state index contributed by atoms with van der Waals surface area (Å²) >= 11 is 3.37. The second kappa shape index (κ2) is 8.04. The highest BCUT2D eigenvalue weighted by atomic mass is 79.9. The van der Waals surface area contributed by atoms with Crippen molar-refractivity contribution in [1.29, 1.82) is 0 Å².